The molecule has 1 heterocycles. The van der Waals surface area contributed by atoms with Crippen LogP contribution in [0.5, 0.6) is 0 Å². The number of halogens is 1. The van der Waals surface area contributed by atoms with Crippen molar-refractivity contribution in [2.24, 2.45) is 4.99 Å². The van der Waals surface area contributed by atoms with Crippen LogP contribution in [0.4, 0.5) is 5.69 Å². The molecule has 0 aliphatic heterocycles. The SMILES string of the molecule is CCn1c(-c2cccc(Cl)c2)csc1=Nc1ccc(C(=O)O)cc1. The van der Waals surface area contributed by atoms with Crippen molar-refractivity contribution in [3.63, 3.8) is 0 Å². The summed E-state index contributed by atoms with van der Waals surface area (Å²) in [6, 6.07) is 14.3. The predicted octanol–water partition coefficient (Wildman–Crippen LogP) is 4.82. The Morgan fingerprint density at radius 3 is 2.62 bits per heavy atom. The monoisotopic (exact) mass is 358 g/mol. The number of aromatic carboxylic acids is 1. The molecule has 0 unspecified atom stereocenters. The Kier molecular flexibility index (Phi) is 4.83. The summed E-state index contributed by atoms with van der Waals surface area (Å²) in [5, 5.41) is 11.7. The van der Waals surface area contributed by atoms with E-state index in [0.29, 0.717) is 5.02 Å². The number of benzene rings is 2. The highest BCUT2D eigenvalue weighted by molar-refractivity contribution is 7.07. The van der Waals surface area contributed by atoms with Crippen LogP contribution in [0.1, 0.15) is 17.3 Å². The summed E-state index contributed by atoms with van der Waals surface area (Å²) in [5.74, 6) is -0.940. The van der Waals surface area contributed by atoms with Gasteiger partial charge in [-0.3, -0.25) is 0 Å². The highest BCUT2D eigenvalue weighted by Gasteiger charge is 2.07. The molecule has 0 saturated heterocycles. The molecule has 24 heavy (non-hydrogen) atoms. The van der Waals surface area contributed by atoms with E-state index in [0.717, 1.165) is 28.3 Å². The summed E-state index contributed by atoms with van der Waals surface area (Å²) >= 11 is 7.63. The largest absolute Gasteiger partial charge is 0.478 e. The molecule has 2 aromatic carbocycles. The van der Waals surface area contributed by atoms with Gasteiger partial charge in [-0.25, -0.2) is 9.79 Å². The van der Waals surface area contributed by atoms with Crippen LogP contribution in [-0.4, -0.2) is 15.6 Å². The minimum atomic E-state index is -0.940. The van der Waals surface area contributed by atoms with Gasteiger partial charge in [-0.05, 0) is 43.3 Å². The second-order valence-electron chi connectivity index (χ2n) is 5.12. The average Bonchev–Trinajstić information content (AvgIpc) is 2.98. The highest BCUT2D eigenvalue weighted by Crippen LogP contribution is 2.23. The van der Waals surface area contributed by atoms with Gasteiger partial charge in [-0.15, -0.1) is 11.3 Å². The maximum atomic E-state index is 10.9. The number of carbonyl (C=O) groups is 1. The lowest BCUT2D eigenvalue weighted by Gasteiger charge is -2.06. The Labute approximate surface area is 148 Å². The third kappa shape index (κ3) is 3.42. The van der Waals surface area contributed by atoms with E-state index in [1.807, 2.05) is 24.3 Å². The second-order valence-corrected chi connectivity index (χ2v) is 6.39. The van der Waals surface area contributed by atoms with E-state index in [9.17, 15) is 4.79 Å². The number of rotatable bonds is 4. The topological polar surface area (TPSA) is 54.6 Å². The molecule has 0 atom stereocenters. The Balaban J connectivity index is 2.04. The van der Waals surface area contributed by atoms with Gasteiger partial charge in [-0.2, -0.15) is 0 Å². The maximum Gasteiger partial charge on any atom is 0.335 e. The molecule has 6 heteroatoms. The van der Waals surface area contributed by atoms with E-state index in [1.54, 1.807) is 35.6 Å². The first-order valence-corrected chi connectivity index (χ1v) is 8.66. The van der Waals surface area contributed by atoms with Gasteiger partial charge in [0, 0.05) is 22.5 Å². The number of carboxylic acids is 1. The van der Waals surface area contributed by atoms with Crippen LogP contribution in [-0.2, 0) is 6.54 Å². The van der Waals surface area contributed by atoms with Gasteiger partial charge in [-0.1, -0.05) is 23.7 Å². The zero-order valence-electron chi connectivity index (χ0n) is 12.9. The van der Waals surface area contributed by atoms with Crippen LogP contribution in [0.25, 0.3) is 11.3 Å². The predicted molar refractivity (Wildman–Crippen MR) is 97.1 cm³/mol. The normalized spacial score (nSPS) is 11.7. The fraction of sp³-hybridized carbons (Fsp3) is 0.111. The lowest BCUT2D eigenvalue weighted by molar-refractivity contribution is 0.0697. The van der Waals surface area contributed by atoms with Crippen LogP contribution in [0.3, 0.4) is 0 Å². The van der Waals surface area contributed by atoms with Crippen LogP contribution < -0.4 is 4.80 Å². The summed E-state index contributed by atoms with van der Waals surface area (Å²) in [4.78, 5) is 16.4. The fourth-order valence-corrected chi connectivity index (χ4v) is 3.58. The Bertz CT molecular complexity index is 942. The van der Waals surface area contributed by atoms with E-state index in [-0.39, 0.29) is 5.56 Å². The summed E-state index contributed by atoms with van der Waals surface area (Å²) in [6.45, 7) is 2.84. The number of hydrogen-bond donors (Lipinski definition) is 1. The Morgan fingerprint density at radius 2 is 2.00 bits per heavy atom. The smallest absolute Gasteiger partial charge is 0.335 e. The fourth-order valence-electron chi connectivity index (χ4n) is 2.39. The van der Waals surface area contributed by atoms with Gasteiger partial charge >= 0.3 is 5.97 Å². The first-order chi connectivity index (χ1) is 11.6. The number of aromatic nitrogens is 1. The van der Waals surface area contributed by atoms with Crippen LogP contribution in [0, 0.1) is 0 Å². The molecule has 1 aromatic heterocycles. The zero-order chi connectivity index (χ0) is 17.1. The summed E-state index contributed by atoms with van der Waals surface area (Å²) < 4.78 is 2.11. The van der Waals surface area contributed by atoms with Crippen molar-refractivity contribution in [3.8, 4) is 11.3 Å². The number of hydrogen-bond acceptors (Lipinski definition) is 3. The molecule has 0 fully saturated rings. The molecule has 0 spiro atoms. The van der Waals surface area contributed by atoms with Gasteiger partial charge in [0.05, 0.1) is 16.9 Å². The molecule has 0 aliphatic carbocycles. The number of thiazole rings is 1. The third-order valence-electron chi connectivity index (χ3n) is 3.57. The van der Waals surface area contributed by atoms with E-state index < -0.39 is 5.97 Å². The molecule has 0 aliphatic rings. The molecular formula is C18H15ClN2O2S. The van der Waals surface area contributed by atoms with E-state index in [2.05, 4.69) is 21.9 Å². The molecule has 0 amide bonds. The molecule has 4 nitrogen and oxygen atoms in total. The number of carboxylic acid groups (broad SMARTS) is 1. The van der Waals surface area contributed by atoms with Gasteiger partial charge in [0.1, 0.15) is 0 Å². The van der Waals surface area contributed by atoms with Crippen molar-refractivity contribution in [2.75, 3.05) is 0 Å². The van der Waals surface area contributed by atoms with Crippen LogP contribution in [0.15, 0.2) is 58.9 Å². The molecule has 3 rings (SSSR count). The van der Waals surface area contributed by atoms with Gasteiger partial charge in [0.2, 0.25) is 0 Å². The molecule has 0 radical (unpaired) electrons. The minimum Gasteiger partial charge on any atom is -0.478 e. The van der Waals surface area contributed by atoms with E-state index >= 15 is 0 Å². The molecule has 1 N–H and O–H groups in total. The maximum absolute atomic E-state index is 10.9. The van der Waals surface area contributed by atoms with Gasteiger partial charge in [0.15, 0.2) is 4.80 Å². The summed E-state index contributed by atoms with van der Waals surface area (Å²) in [7, 11) is 0. The van der Waals surface area contributed by atoms with Crippen molar-refractivity contribution in [2.45, 2.75) is 13.5 Å². The standard InChI is InChI=1S/C18H15ClN2O2S/c1-2-21-16(13-4-3-5-14(19)10-13)11-24-18(21)20-15-8-6-12(7-9-15)17(22)23/h3-11H,2H2,1H3,(H,22,23). The van der Waals surface area contributed by atoms with Crippen LogP contribution in [0.2, 0.25) is 5.02 Å². The summed E-state index contributed by atoms with van der Waals surface area (Å²) in [5.41, 5.74) is 3.08. The summed E-state index contributed by atoms with van der Waals surface area (Å²) in [6.07, 6.45) is 0. The molecule has 0 saturated carbocycles. The van der Waals surface area contributed by atoms with E-state index in [4.69, 9.17) is 16.7 Å². The lowest BCUT2D eigenvalue weighted by atomic mass is 10.2. The Morgan fingerprint density at radius 1 is 1.25 bits per heavy atom. The first kappa shape index (κ1) is 16.5. The van der Waals surface area contributed by atoms with Crippen molar-refractivity contribution in [1.82, 2.24) is 4.57 Å². The molecule has 0 bridgehead atoms. The number of nitrogens with zero attached hydrogens (tertiary/aromatic N) is 2. The van der Waals surface area contributed by atoms with Crippen LogP contribution >= 0.6 is 22.9 Å². The minimum absolute atomic E-state index is 0.253. The van der Waals surface area contributed by atoms with Gasteiger partial charge in [0.25, 0.3) is 0 Å². The zero-order valence-corrected chi connectivity index (χ0v) is 14.5. The highest BCUT2D eigenvalue weighted by atomic mass is 35.5. The van der Waals surface area contributed by atoms with Crippen molar-refractivity contribution >= 4 is 34.6 Å². The molecule has 122 valence electrons. The first-order valence-electron chi connectivity index (χ1n) is 7.41. The van der Waals surface area contributed by atoms with E-state index in [1.165, 1.54) is 0 Å². The quantitative estimate of drug-likeness (QED) is 0.726. The van der Waals surface area contributed by atoms with Crippen molar-refractivity contribution < 1.29 is 9.90 Å². The third-order valence-corrected chi connectivity index (χ3v) is 4.67. The second kappa shape index (κ2) is 7.03. The van der Waals surface area contributed by atoms with Gasteiger partial charge < -0.3 is 9.67 Å². The average molecular weight is 359 g/mol. The van der Waals surface area contributed by atoms with Crippen molar-refractivity contribution in [1.29, 1.82) is 0 Å². The Hall–Kier alpha value is -2.37. The molecule has 3 aromatic rings. The molecular weight excluding hydrogens is 344 g/mol. The van der Waals surface area contributed by atoms with Crippen molar-refractivity contribution in [3.05, 3.63) is 69.3 Å². The lowest BCUT2D eigenvalue weighted by Crippen LogP contribution is -2.14.